The Bertz CT molecular complexity index is 1180. The Kier molecular flexibility index (Phi) is 5.73. The lowest BCUT2D eigenvalue weighted by molar-refractivity contribution is -0.138. The quantitative estimate of drug-likeness (QED) is 0.488. The van der Waals surface area contributed by atoms with E-state index in [2.05, 4.69) is 63.5 Å². The summed E-state index contributed by atoms with van der Waals surface area (Å²) in [5, 5.41) is 9.03. The van der Waals surface area contributed by atoms with E-state index in [1.165, 1.54) is 16.5 Å². The summed E-state index contributed by atoms with van der Waals surface area (Å²) in [7, 11) is 0. The summed E-state index contributed by atoms with van der Waals surface area (Å²) in [4.78, 5) is 20.5. The number of aromatic amines is 1. The number of carbonyl (C=O) groups excluding carboxylic acids is 1. The van der Waals surface area contributed by atoms with Crippen LogP contribution in [-0.2, 0) is 11.2 Å². The molecule has 1 saturated heterocycles. The van der Waals surface area contributed by atoms with Crippen LogP contribution in [0.5, 0.6) is 0 Å². The number of rotatable bonds is 7. The van der Waals surface area contributed by atoms with E-state index in [0.717, 1.165) is 43.7 Å². The Morgan fingerprint density at radius 3 is 2.66 bits per heavy atom. The molecule has 32 heavy (non-hydrogen) atoms. The van der Waals surface area contributed by atoms with E-state index in [4.69, 9.17) is 0 Å². The molecule has 0 aliphatic carbocycles. The molecule has 1 fully saturated rings. The van der Waals surface area contributed by atoms with Gasteiger partial charge < -0.3 is 9.88 Å². The van der Waals surface area contributed by atoms with E-state index in [9.17, 15) is 4.79 Å². The molecule has 1 aliphatic heterocycles. The van der Waals surface area contributed by atoms with Gasteiger partial charge in [0.15, 0.2) is 0 Å². The molecule has 0 bridgehead atoms. The summed E-state index contributed by atoms with van der Waals surface area (Å²) in [5.74, 6) is 0.221. The van der Waals surface area contributed by atoms with Crippen LogP contribution in [0.3, 0.4) is 0 Å². The van der Waals surface area contributed by atoms with E-state index < -0.39 is 0 Å². The predicted molar refractivity (Wildman–Crippen MR) is 125 cm³/mol. The number of nitrogens with one attached hydrogen (secondary N) is 1. The molecule has 1 N–H and O–H groups in total. The minimum absolute atomic E-state index is 0.122. The number of fused-ring (bicyclic) bond motifs is 1. The molecule has 4 aromatic rings. The second kappa shape index (κ2) is 8.96. The zero-order valence-corrected chi connectivity index (χ0v) is 18.3. The molecule has 1 atom stereocenters. The molecular formula is C25H28N6O. The highest BCUT2D eigenvalue weighted by Gasteiger charge is 2.27. The molecule has 3 heterocycles. The van der Waals surface area contributed by atoms with Crippen LogP contribution in [-0.4, -0.2) is 61.6 Å². The molecule has 0 spiro atoms. The molecule has 164 valence electrons. The van der Waals surface area contributed by atoms with Gasteiger partial charge in [0.2, 0.25) is 5.91 Å². The van der Waals surface area contributed by atoms with E-state index in [-0.39, 0.29) is 11.9 Å². The number of amides is 1. The van der Waals surface area contributed by atoms with Crippen LogP contribution in [0.4, 0.5) is 0 Å². The number of aromatic nitrogens is 4. The van der Waals surface area contributed by atoms with Gasteiger partial charge >= 0.3 is 0 Å². The van der Waals surface area contributed by atoms with Crippen LogP contribution in [0.2, 0.25) is 0 Å². The lowest BCUT2D eigenvalue weighted by Gasteiger charge is -2.38. The number of H-pyrrole nitrogens is 1. The molecule has 1 amide bonds. The largest absolute Gasteiger partial charge is 0.361 e. The summed E-state index contributed by atoms with van der Waals surface area (Å²) in [6.07, 6.45) is 7.52. The topological polar surface area (TPSA) is 70.1 Å². The monoisotopic (exact) mass is 428 g/mol. The number of hydrogen-bond donors (Lipinski definition) is 1. The van der Waals surface area contributed by atoms with Gasteiger partial charge in [-0.05, 0) is 55.6 Å². The smallest absolute Gasteiger partial charge is 0.237 e. The number of aryl methyl sites for hydroxylation is 1. The van der Waals surface area contributed by atoms with Crippen LogP contribution >= 0.6 is 0 Å². The first-order valence-electron chi connectivity index (χ1n) is 11.2. The van der Waals surface area contributed by atoms with Gasteiger partial charge in [-0.15, -0.1) is 10.2 Å². The zero-order valence-electron chi connectivity index (χ0n) is 18.3. The number of hydrogen-bond acceptors (Lipinski definition) is 4. The first-order valence-corrected chi connectivity index (χ1v) is 11.2. The minimum atomic E-state index is 0.122. The third-order valence-electron chi connectivity index (χ3n) is 6.47. The van der Waals surface area contributed by atoms with Crippen molar-refractivity contribution in [2.24, 2.45) is 0 Å². The Labute approximate surface area is 187 Å². The molecule has 0 saturated carbocycles. The van der Waals surface area contributed by atoms with Gasteiger partial charge in [-0.3, -0.25) is 14.3 Å². The van der Waals surface area contributed by atoms with Crippen LogP contribution < -0.4 is 0 Å². The maximum Gasteiger partial charge on any atom is 0.237 e. The summed E-state index contributed by atoms with van der Waals surface area (Å²) in [6.45, 7) is 5.26. The Balaban J connectivity index is 1.17. The average Bonchev–Trinajstić information content (AvgIpc) is 3.50. The third-order valence-corrected chi connectivity index (χ3v) is 6.47. The van der Waals surface area contributed by atoms with Gasteiger partial charge in [0, 0.05) is 35.9 Å². The molecule has 2 aromatic heterocycles. The van der Waals surface area contributed by atoms with Gasteiger partial charge in [0.25, 0.3) is 0 Å². The molecule has 1 unspecified atom stereocenters. The predicted octanol–water partition coefficient (Wildman–Crippen LogP) is 3.59. The van der Waals surface area contributed by atoms with Crippen molar-refractivity contribution >= 4 is 16.8 Å². The molecule has 7 nitrogen and oxygen atoms in total. The van der Waals surface area contributed by atoms with Crippen molar-refractivity contribution in [3.05, 3.63) is 78.5 Å². The van der Waals surface area contributed by atoms with Crippen molar-refractivity contribution < 1.29 is 4.79 Å². The van der Waals surface area contributed by atoms with Gasteiger partial charge in [0.1, 0.15) is 12.7 Å². The molecule has 5 rings (SSSR count). The van der Waals surface area contributed by atoms with Crippen LogP contribution in [0.1, 0.15) is 30.5 Å². The van der Waals surface area contributed by atoms with E-state index in [1.807, 2.05) is 27.7 Å². The lowest BCUT2D eigenvalue weighted by Crippen LogP contribution is -2.51. The fourth-order valence-corrected chi connectivity index (χ4v) is 4.61. The fourth-order valence-electron chi connectivity index (χ4n) is 4.61. The van der Waals surface area contributed by atoms with Gasteiger partial charge in [-0.25, -0.2) is 0 Å². The summed E-state index contributed by atoms with van der Waals surface area (Å²) in [6, 6.07) is 16.7. The highest BCUT2D eigenvalue weighted by atomic mass is 16.2. The van der Waals surface area contributed by atoms with Crippen molar-refractivity contribution in [3.63, 3.8) is 0 Å². The highest BCUT2D eigenvalue weighted by molar-refractivity contribution is 5.85. The van der Waals surface area contributed by atoms with E-state index in [1.54, 1.807) is 12.7 Å². The van der Waals surface area contributed by atoms with Crippen LogP contribution in [0, 0.1) is 0 Å². The summed E-state index contributed by atoms with van der Waals surface area (Å²) < 4.78 is 1.91. The van der Waals surface area contributed by atoms with E-state index >= 15 is 0 Å². The first kappa shape index (κ1) is 20.5. The number of carbonyl (C=O) groups is 1. The van der Waals surface area contributed by atoms with Crippen molar-refractivity contribution in [2.45, 2.75) is 25.8 Å². The lowest BCUT2D eigenvalue weighted by atomic mass is 10.1. The van der Waals surface area contributed by atoms with Crippen LogP contribution in [0.25, 0.3) is 16.6 Å². The molecule has 2 aromatic carbocycles. The van der Waals surface area contributed by atoms with Crippen molar-refractivity contribution in [1.82, 2.24) is 29.5 Å². The molecule has 0 radical (unpaired) electrons. The summed E-state index contributed by atoms with van der Waals surface area (Å²) in [5.41, 5.74) is 4.69. The maximum atomic E-state index is 12.8. The Morgan fingerprint density at radius 1 is 1.06 bits per heavy atom. The van der Waals surface area contributed by atoms with Gasteiger partial charge in [-0.1, -0.05) is 30.3 Å². The standard InChI is InChI=1S/C25H28N6O/c1-19(20-6-3-2-4-7-20)31-13-12-29(16-25(31)32)11-5-8-21-15-26-24-10-9-22(14-23(21)24)30-17-27-28-18-30/h2-4,6-7,9-10,14-15,17-19,26H,5,8,11-13,16H2,1H3. The van der Waals surface area contributed by atoms with Gasteiger partial charge in [0.05, 0.1) is 12.6 Å². The van der Waals surface area contributed by atoms with Gasteiger partial charge in [-0.2, -0.15) is 0 Å². The molecule has 7 heteroatoms. The Hall–Kier alpha value is -3.45. The fraction of sp³-hybridized carbons (Fsp3) is 0.320. The third kappa shape index (κ3) is 4.16. The first-order chi connectivity index (χ1) is 15.7. The second-order valence-electron chi connectivity index (χ2n) is 8.47. The highest BCUT2D eigenvalue weighted by Crippen LogP contribution is 2.24. The number of nitrogens with zero attached hydrogens (tertiary/aromatic N) is 5. The maximum absolute atomic E-state index is 12.8. The van der Waals surface area contributed by atoms with E-state index in [0.29, 0.717) is 6.54 Å². The van der Waals surface area contributed by atoms with Crippen molar-refractivity contribution in [1.29, 1.82) is 0 Å². The SMILES string of the molecule is CC(c1ccccc1)N1CCN(CCCc2c[nH]c3ccc(-n4cnnc4)cc23)CC1=O. The number of piperazine rings is 1. The Morgan fingerprint density at radius 2 is 1.88 bits per heavy atom. The normalized spacial score (nSPS) is 16.0. The molecule has 1 aliphatic rings. The summed E-state index contributed by atoms with van der Waals surface area (Å²) >= 11 is 0. The zero-order chi connectivity index (χ0) is 21.9. The number of benzene rings is 2. The minimum Gasteiger partial charge on any atom is -0.361 e. The second-order valence-corrected chi connectivity index (χ2v) is 8.47. The average molecular weight is 429 g/mol. The molecular weight excluding hydrogens is 400 g/mol. The van der Waals surface area contributed by atoms with Crippen LogP contribution in [0.15, 0.2) is 67.4 Å². The van der Waals surface area contributed by atoms with Crippen molar-refractivity contribution in [2.75, 3.05) is 26.2 Å². The van der Waals surface area contributed by atoms with Crippen molar-refractivity contribution in [3.8, 4) is 5.69 Å².